The van der Waals surface area contributed by atoms with Crippen molar-refractivity contribution in [2.75, 3.05) is 0 Å². The molecular formula is C24H23N5OS2. The maximum atomic E-state index is 10.9. The van der Waals surface area contributed by atoms with Crippen LogP contribution in [0.4, 0.5) is 0 Å². The van der Waals surface area contributed by atoms with Crippen LogP contribution >= 0.6 is 23.1 Å². The van der Waals surface area contributed by atoms with E-state index in [0.717, 1.165) is 40.1 Å². The molecule has 2 aromatic heterocycles. The largest absolute Gasteiger partial charge is 0.510 e. The molecule has 8 heteroatoms. The highest BCUT2D eigenvalue weighted by Gasteiger charge is 2.23. The molecule has 1 atom stereocenters. The maximum absolute atomic E-state index is 10.9. The number of rotatable bonds is 7. The zero-order valence-electron chi connectivity index (χ0n) is 18.1. The standard InChI is InChI=1S/C24H23N5OS2/c1-4-12-29-22(17-9-7-8-15(2)13-17)27-28-24(29)31-16(3)21(30)18(14-25)23-26-19-10-5-6-11-20(19)32-23/h5-11,13,16,30H,4,12H2,1-3H3/b21-18-. The minimum Gasteiger partial charge on any atom is -0.510 e. The van der Waals surface area contributed by atoms with E-state index < -0.39 is 0 Å². The molecule has 0 aliphatic carbocycles. The summed E-state index contributed by atoms with van der Waals surface area (Å²) in [4.78, 5) is 4.53. The van der Waals surface area contributed by atoms with E-state index in [-0.39, 0.29) is 16.6 Å². The monoisotopic (exact) mass is 461 g/mol. The summed E-state index contributed by atoms with van der Waals surface area (Å²) in [7, 11) is 0. The highest BCUT2D eigenvalue weighted by molar-refractivity contribution is 7.99. The second kappa shape index (κ2) is 9.55. The fourth-order valence-electron chi connectivity index (χ4n) is 3.41. The number of thiazole rings is 1. The van der Waals surface area contributed by atoms with E-state index in [4.69, 9.17) is 0 Å². The number of hydrogen-bond acceptors (Lipinski definition) is 7. The maximum Gasteiger partial charge on any atom is 0.192 e. The molecule has 32 heavy (non-hydrogen) atoms. The van der Waals surface area contributed by atoms with Crippen LogP contribution in [0.3, 0.4) is 0 Å². The summed E-state index contributed by atoms with van der Waals surface area (Å²) in [5, 5.41) is 30.4. The Bertz CT molecular complexity index is 1300. The molecule has 1 unspecified atom stereocenters. The summed E-state index contributed by atoms with van der Waals surface area (Å²) >= 11 is 2.79. The van der Waals surface area contributed by atoms with Gasteiger partial charge in [-0.05, 0) is 38.5 Å². The van der Waals surface area contributed by atoms with Gasteiger partial charge in [0.1, 0.15) is 22.4 Å². The molecule has 2 aromatic carbocycles. The lowest BCUT2D eigenvalue weighted by Gasteiger charge is -2.13. The van der Waals surface area contributed by atoms with Crippen molar-refractivity contribution in [3.05, 3.63) is 64.9 Å². The van der Waals surface area contributed by atoms with Crippen LogP contribution in [0, 0.1) is 18.3 Å². The number of para-hydroxylation sites is 1. The van der Waals surface area contributed by atoms with Gasteiger partial charge in [-0.3, -0.25) is 0 Å². The number of allylic oxidation sites excluding steroid dienone is 1. The Morgan fingerprint density at radius 2 is 2.03 bits per heavy atom. The van der Waals surface area contributed by atoms with Crippen LogP contribution in [-0.4, -0.2) is 30.1 Å². The number of thioether (sulfide) groups is 1. The van der Waals surface area contributed by atoms with E-state index in [0.29, 0.717) is 10.2 Å². The molecule has 0 amide bonds. The number of nitrogens with zero attached hydrogens (tertiary/aromatic N) is 5. The molecule has 0 spiro atoms. The number of fused-ring (bicyclic) bond motifs is 1. The van der Waals surface area contributed by atoms with Gasteiger partial charge in [0.15, 0.2) is 11.0 Å². The van der Waals surface area contributed by atoms with Crippen molar-refractivity contribution in [1.29, 1.82) is 5.26 Å². The molecule has 4 aromatic rings. The van der Waals surface area contributed by atoms with Gasteiger partial charge >= 0.3 is 0 Å². The molecule has 0 saturated carbocycles. The molecular weight excluding hydrogens is 438 g/mol. The summed E-state index contributed by atoms with van der Waals surface area (Å²) in [6.45, 7) is 6.78. The van der Waals surface area contributed by atoms with Crippen molar-refractivity contribution in [3.8, 4) is 17.5 Å². The van der Waals surface area contributed by atoms with E-state index in [9.17, 15) is 10.4 Å². The van der Waals surface area contributed by atoms with Crippen molar-refractivity contribution >= 4 is 38.9 Å². The molecule has 1 N–H and O–H groups in total. The molecule has 0 aliphatic rings. The number of aromatic nitrogens is 4. The Hall–Kier alpha value is -3.15. The van der Waals surface area contributed by atoms with E-state index in [2.05, 4.69) is 51.8 Å². The SMILES string of the molecule is CCCn1c(SC(C)/C(O)=C(\C#N)c2nc3ccccc3s2)nnc1-c1cccc(C)c1. The summed E-state index contributed by atoms with van der Waals surface area (Å²) in [6.07, 6.45) is 0.926. The first-order chi connectivity index (χ1) is 15.5. The van der Waals surface area contributed by atoms with Gasteiger partial charge in [0.05, 0.1) is 15.5 Å². The van der Waals surface area contributed by atoms with Crippen molar-refractivity contribution in [2.45, 2.75) is 44.1 Å². The number of nitriles is 1. The third-order valence-electron chi connectivity index (χ3n) is 4.98. The zero-order valence-corrected chi connectivity index (χ0v) is 19.7. The second-order valence-corrected chi connectivity index (χ2v) is 9.78. The third kappa shape index (κ3) is 4.40. The highest BCUT2D eigenvalue weighted by atomic mass is 32.2. The zero-order chi connectivity index (χ0) is 22.7. The minimum atomic E-state index is -0.387. The van der Waals surface area contributed by atoms with Crippen LogP contribution in [-0.2, 0) is 6.54 Å². The Balaban J connectivity index is 1.66. The quantitative estimate of drug-likeness (QED) is 0.199. The molecule has 0 bridgehead atoms. The van der Waals surface area contributed by atoms with Gasteiger partial charge in [-0.2, -0.15) is 5.26 Å². The van der Waals surface area contributed by atoms with Gasteiger partial charge < -0.3 is 9.67 Å². The lowest BCUT2D eigenvalue weighted by molar-refractivity contribution is 0.402. The van der Waals surface area contributed by atoms with Gasteiger partial charge in [-0.1, -0.05) is 54.6 Å². The van der Waals surface area contributed by atoms with Gasteiger partial charge in [0.25, 0.3) is 0 Å². The fraction of sp³-hybridized carbons (Fsp3) is 0.250. The van der Waals surface area contributed by atoms with Crippen LogP contribution < -0.4 is 0 Å². The van der Waals surface area contributed by atoms with Crippen LogP contribution in [0.5, 0.6) is 0 Å². The van der Waals surface area contributed by atoms with E-state index in [1.807, 2.05) is 43.3 Å². The van der Waals surface area contributed by atoms with Crippen molar-refractivity contribution < 1.29 is 5.11 Å². The normalized spacial score (nSPS) is 13.1. The van der Waals surface area contributed by atoms with Crippen LogP contribution in [0.25, 0.3) is 27.2 Å². The lowest BCUT2D eigenvalue weighted by atomic mass is 10.1. The lowest BCUT2D eigenvalue weighted by Crippen LogP contribution is -2.08. The minimum absolute atomic E-state index is 0.000268. The molecule has 0 saturated heterocycles. The average molecular weight is 462 g/mol. The molecule has 6 nitrogen and oxygen atoms in total. The predicted molar refractivity (Wildman–Crippen MR) is 131 cm³/mol. The van der Waals surface area contributed by atoms with Crippen LogP contribution in [0.15, 0.2) is 59.4 Å². The van der Waals surface area contributed by atoms with Crippen molar-refractivity contribution in [3.63, 3.8) is 0 Å². The first-order valence-electron chi connectivity index (χ1n) is 10.4. The number of benzene rings is 2. The molecule has 4 rings (SSSR count). The molecule has 2 heterocycles. The van der Waals surface area contributed by atoms with E-state index in [1.54, 1.807) is 0 Å². The summed E-state index contributed by atoms with van der Waals surface area (Å²) < 4.78 is 3.06. The first kappa shape index (κ1) is 22.1. The van der Waals surface area contributed by atoms with Crippen molar-refractivity contribution in [2.24, 2.45) is 0 Å². The average Bonchev–Trinajstić information content (AvgIpc) is 3.38. The summed E-state index contributed by atoms with van der Waals surface area (Å²) in [5.41, 5.74) is 3.19. The number of aliphatic hydroxyl groups excluding tert-OH is 1. The van der Waals surface area contributed by atoms with Gasteiger partial charge in [0, 0.05) is 12.1 Å². The van der Waals surface area contributed by atoms with E-state index >= 15 is 0 Å². The molecule has 0 radical (unpaired) electrons. The number of hydrogen-bond donors (Lipinski definition) is 1. The summed E-state index contributed by atoms with van der Waals surface area (Å²) in [5.74, 6) is 0.806. The van der Waals surface area contributed by atoms with Crippen LogP contribution in [0.2, 0.25) is 0 Å². The predicted octanol–water partition coefficient (Wildman–Crippen LogP) is 6.25. The highest BCUT2D eigenvalue weighted by Crippen LogP contribution is 2.34. The Kier molecular flexibility index (Phi) is 6.58. The Morgan fingerprint density at radius 3 is 2.75 bits per heavy atom. The van der Waals surface area contributed by atoms with E-state index in [1.165, 1.54) is 23.1 Å². The van der Waals surface area contributed by atoms with Crippen molar-refractivity contribution in [1.82, 2.24) is 19.7 Å². The van der Waals surface area contributed by atoms with Gasteiger partial charge in [-0.15, -0.1) is 21.5 Å². The molecule has 0 fully saturated rings. The van der Waals surface area contributed by atoms with Gasteiger partial charge in [-0.25, -0.2) is 4.98 Å². The first-order valence-corrected chi connectivity index (χ1v) is 12.1. The fourth-order valence-corrected chi connectivity index (χ4v) is 5.32. The number of aliphatic hydroxyl groups is 1. The number of aryl methyl sites for hydroxylation is 1. The van der Waals surface area contributed by atoms with Crippen LogP contribution in [0.1, 0.15) is 30.8 Å². The third-order valence-corrected chi connectivity index (χ3v) is 7.13. The topological polar surface area (TPSA) is 87.6 Å². The smallest absolute Gasteiger partial charge is 0.192 e. The second-order valence-electron chi connectivity index (χ2n) is 7.45. The molecule has 162 valence electrons. The summed E-state index contributed by atoms with van der Waals surface area (Å²) in [6, 6.07) is 18.0. The Morgan fingerprint density at radius 1 is 1.22 bits per heavy atom. The van der Waals surface area contributed by atoms with Gasteiger partial charge in [0.2, 0.25) is 0 Å². The molecule has 0 aliphatic heterocycles. The Labute approximate surface area is 195 Å².